The van der Waals surface area contributed by atoms with E-state index in [2.05, 4.69) is 68.1 Å². The number of nitrogens with two attached hydrogens (primary N) is 3. The van der Waals surface area contributed by atoms with Crippen LogP contribution in [0.2, 0.25) is 0 Å². The zero-order chi connectivity index (χ0) is 98.3. The van der Waals surface area contributed by atoms with Crippen LogP contribution in [0, 0.1) is 23.2 Å². The Morgan fingerprint density at radius 3 is 1.75 bits per heavy atom. The van der Waals surface area contributed by atoms with Crippen molar-refractivity contribution in [1.82, 2.24) is 87.7 Å². The lowest BCUT2D eigenvalue weighted by Gasteiger charge is -2.36. The molecule has 2 aliphatic heterocycles. The lowest BCUT2D eigenvalue weighted by Crippen LogP contribution is -2.61. The summed E-state index contributed by atoms with van der Waals surface area (Å²) in [5.41, 5.74) is 18.9. The number of aromatic amines is 3. The van der Waals surface area contributed by atoms with Gasteiger partial charge in [0.2, 0.25) is 88.6 Å². The molecule has 1 saturated carbocycles. The first kappa shape index (κ1) is 106. The number of unbranched alkanes of at least 4 members (excludes halogenated alkanes) is 2. The predicted molar refractivity (Wildman–Crippen MR) is 506 cm³/mol. The molecule has 0 radical (unpaired) electrons. The first-order chi connectivity index (χ1) is 64.4. The topological polar surface area (TPSA) is 593 Å². The van der Waals surface area contributed by atoms with Crippen LogP contribution in [0.3, 0.4) is 0 Å². The van der Waals surface area contributed by atoms with Crippen LogP contribution in [0.15, 0.2) is 110 Å². The average molecular weight is 1890 g/mol. The van der Waals surface area contributed by atoms with Crippen molar-refractivity contribution in [1.29, 1.82) is 5.41 Å². The number of benzene rings is 3. The number of likely N-dealkylation sites (N-methyl/N-ethyl adjacent to an activating group) is 3. The summed E-state index contributed by atoms with van der Waals surface area (Å²) >= 11 is 0.805. The summed E-state index contributed by atoms with van der Waals surface area (Å²) in [7, 11) is 4.07. The van der Waals surface area contributed by atoms with E-state index in [9.17, 15) is 48.3 Å². The van der Waals surface area contributed by atoms with Crippen molar-refractivity contribution in [2.24, 2.45) is 35.0 Å². The number of aliphatic hydroxyl groups excluding tert-OH is 1. The molecule has 15 amide bonds. The molecule has 6 aromatic rings. The van der Waals surface area contributed by atoms with Crippen molar-refractivity contribution in [3.8, 4) is 0 Å². The summed E-state index contributed by atoms with van der Waals surface area (Å²) in [6.45, 7) is 6.94. The summed E-state index contributed by atoms with van der Waals surface area (Å²) < 4.78 is 0. The number of hydrogen-bond donors (Lipinski definition) is 18. The second kappa shape index (κ2) is 50.9. The molecule has 1 spiro atoms. The van der Waals surface area contributed by atoms with Crippen LogP contribution < -0.4 is 70.4 Å². The molecule has 0 unspecified atom stereocenters. The molecule has 40 heteroatoms. The molecule has 3 aliphatic rings. The van der Waals surface area contributed by atoms with Crippen molar-refractivity contribution in [2.75, 3.05) is 58.9 Å². The molecule has 3 aromatic carbocycles. The van der Waals surface area contributed by atoms with Gasteiger partial charge in [0.15, 0.2) is 17.5 Å². The van der Waals surface area contributed by atoms with Crippen molar-refractivity contribution in [2.45, 2.75) is 248 Å². The van der Waals surface area contributed by atoms with Crippen molar-refractivity contribution >= 4 is 140 Å². The second-order valence-electron chi connectivity index (χ2n) is 35.9. The van der Waals surface area contributed by atoms with Crippen molar-refractivity contribution in [3.63, 3.8) is 0 Å². The highest BCUT2D eigenvalue weighted by molar-refractivity contribution is 8.00. The quantitative estimate of drug-likeness (QED) is 0.0208. The Kier molecular flexibility index (Phi) is 39.8. The van der Waals surface area contributed by atoms with Crippen LogP contribution in [0.4, 0.5) is 0 Å². The number of nitrogens with one attached hydrogen (secondary N) is 14. The Morgan fingerprint density at radius 2 is 1.14 bits per heavy atom. The number of guanidine groups is 1. The number of Topliss-reactive ketones (excluding diaryl/α,β-unsaturated/α-hetero) is 2. The number of H-pyrrole nitrogens is 3. The number of ketones is 2. The minimum absolute atomic E-state index is 0.0107. The van der Waals surface area contributed by atoms with Gasteiger partial charge in [0.05, 0.1) is 30.9 Å². The van der Waals surface area contributed by atoms with Crippen LogP contribution >= 0.6 is 11.8 Å². The van der Waals surface area contributed by atoms with Gasteiger partial charge in [-0.25, -0.2) is 0 Å². The molecule has 9 rings (SSSR count). The molecule has 13 atom stereocenters. The highest BCUT2D eigenvalue weighted by Gasteiger charge is 2.48. The number of aromatic nitrogens is 3. The summed E-state index contributed by atoms with van der Waals surface area (Å²) in [5, 5.41) is 47.8. The van der Waals surface area contributed by atoms with Crippen LogP contribution in [0.5, 0.6) is 0 Å². The van der Waals surface area contributed by atoms with Gasteiger partial charge in [0.1, 0.15) is 66.5 Å². The zero-order valence-corrected chi connectivity index (χ0v) is 78.9. The number of nitrogens with zero attached hydrogens (tertiary/aromatic N) is 4. The lowest BCUT2D eigenvalue weighted by molar-refractivity contribution is -0.150. The number of carbonyl (C=O) groups is 17. The summed E-state index contributed by atoms with van der Waals surface area (Å²) in [5.74, 6) is -18.4. The van der Waals surface area contributed by atoms with E-state index in [0.29, 0.717) is 82.7 Å². The van der Waals surface area contributed by atoms with Gasteiger partial charge in [-0.15, -0.1) is 11.8 Å². The Morgan fingerprint density at radius 1 is 0.548 bits per heavy atom. The normalized spacial score (nSPS) is 24.2. The number of hydrogen-bond acceptors (Lipinski definition) is 20. The van der Waals surface area contributed by atoms with Crippen LogP contribution in [0.25, 0.3) is 21.8 Å². The van der Waals surface area contributed by atoms with E-state index in [1.54, 1.807) is 73.2 Å². The number of rotatable bonds is 26. The monoisotopic (exact) mass is 1890 g/mol. The van der Waals surface area contributed by atoms with E-state index < -0.39 is 234 Å². The number of fused-ring (bicyclic) bond motifs is 3. The molecule has 5 heterocycles. The average Bonchev–Trinajstić information content (AvgIpc) is 1.69. The third-order valence-electron chi connectivity index (χ3n) is 25.4. The van der Waals surface area contributed by atoms with E-state index in [-0.39, 0.29) is 102 Å². The Balaban J connectivity index is 1.10. The molecule has 1 aliphatic carbocycles. The summed E-state index contributed by atoms with van der Waals surface area (Å²) in [4.78, 5) is 266. The number of amides is 15. The number of aliphatic hydroxyl groups is 1. The number of para-hydroxylation sites is 2. The Bertz CT molecular complexity index is 5170. The molecule has 0 bridgehead atoms. The largest absolute Gasteiger partial charge is 0.394 e. The maximum absolute atomic E-state index is 15.9. The maximum atomic E-state index is 15.9. The Labute approximate surface area is 789 Å². The van der Waals surface area contributed by atoms with Gasteiger partial charge in [-0.05, 0) is 124 Å². The molecule has 3 aromatic heterocycles. The SMILES string of the molecule is CCCC[C@H]1C(=O)N(C)[C@@H](CCCC)C(=O)N[C@@H](CCCNC(=N)N)C(=O)N[C@H](C(=O)NCC(N)=O)CSCC(=O)N[C@@H](Cc2ccccc2)C(=O)N(C)[C@@H](C)C(=O)N[C@@H](CC(N)=O)C(=O)N2CCC[C@H]2C(=O)N[C@@H](Cc2ccc[nH]2)C(=O)N[C@@H](CC(C)C)C(=O)NC2(CCCC2)C(=O)C[C@@H](Cc2c[nH]c3ccccc23)C(=O)N[C@@H](CO)C(=O)C[C@@H](Cc2c[nH]c3ccccc23)C(=O)N1C. The molecule has 3 fully saturated rings. The first-order valence-electron chi connectivity index (χ1n) is 46.4. The highest BCUT2D eigenvalue weighted by Crippen LogP contribution is 2.35. The number of thioether (sulfide) groups is 1. The van der Waals surface area contributed by atoms with E-state index in [1.165, 1.54) is 37.9 Å². The highest BCUT2D eigenvalue weighted by atomic mass is 32.2. The van der Waals surface area contributed by atoms with Crippen molar-refractivity contribution in [3.05, 3.63) is 132 Å². The Hall–Kier alpha value is -13.0. The number of primary amides is 2. The zero-order valence-electron chi connectivity index (χ0n) is 78.1. The lowest BCUT2D eigenvalue weighted by atomic mass is 9.83. The molecule has 21 N–H and O–H groups in total. The van der Waals surface area contributed by atoms with Gasteiger partial charge in [-0.3, -0.25) is 86.9 Å². The molecular weight excluding hydrogens is 1760 g/mol. The van der Waals surface area contributed by atoms with Crippen LogP contribution in [-0.4, -0.2) is 277 Å². The predicted octanol–water partition coefficient (Wildman–Crippen LogP) is 1.62. The smallest absolute Gasteiger partial charge is 0.246 e. The molecule has 135 heavy (non-hydrogen) atoms. The molecule has 2 saturated heterocycles. The van der Waals surface area contributed by atoms with Gasteiger partial charge in [0.25, 0.3) is 0 Å². The van der Waals surface area contributed by atoms with Gasteiger partial charge < -0.3 is 110 Å². The van der Waals surface area contributed by atoms with Gasteiger partial charge in [0, 0.05) is 124 Å². The minimum Gasteiger partial charge on any atom is -0.394 e. The van der Waals surface area contributed by atoms with Crippen LogP contribution in [-0.2, 0) is 107 Å². The fourth-order valence-corrected chi connectivity index (χ4v) is 18.5. The summed E-state index contributed by atoms with van der Waals surface area (Å²) in [6.07, 6.45) is 5.62. The fraction of sp³-hybridized carbons (Fsp3) is 0.537. The third kappa shape index (κ3) is 29.7. The van der Waals surface area contributed by atoms with E-state index in [0.717, 1.165) is 21.6 Å². The molecule has 39 nitrogen and oxygen atoms in total. The second-order valence-corrected chi connectivity index (χ2v) is 36.9. The maximum Gasteiger partial charge on any atom is 0.246 e. The minimum atomic E-state index is -1.73. The van der Waals surface area contributed by atoms with Gasteiger partial charge in [-0.2, -0.15) is 0 Å². The van der Waals surface area contributed by atoms with Gasteiger partial charge in [-0.1, -0.05) is 133 Å². The first-order valence-corrected chi connectivity index (χ1v) is 47.6. The van der Waals surface area contributed by atoms with Crippen LogP contribution in [0.1, 0.15) is 173 Å². The van der Waals surface area contributed by atoms with Gasteiger partial charge >= 0.3 is 0 Å². The molecule has 732 valence electrons. The number of carbonyl (C=O) groups excluding carboxylic acids is 17. The summed E-state index contributed by atoms with van der Waals surface area (Å²) in [6, 6.07) is 10.1. The van der Waals surface area contributed by atoms with E-state index in [1.807, 2.05) is 64.1 Å². The molecular formula is C95H133N21O18S. The standard InChI is InChI=1S/C95H133N21O18S/c1-9-11-33-74-88(129)106-67(32-23-39-101-94(98)99)85(126)111-73(84(125)104-51-80(97)121)53-135-54-81(122)105-70(42-57-25-14-13-15-26-57)91(132)113(6)56(5)82(123)109-71(48-79(96)120)92(133)116-40-24-35-75(116)89(130)108-69(47-62-27-22-38-100-62)86(127)107-68(41-55(3)4)87(128)112-95(36-20-21-37-95)78(119)46-58(43-60-49-102-65-30-18-16-28-63(60)65)83(124)110-72(52-117)77(118)45-59(44-61-50-103-66-31-19-17-29-64(61)66)90(131)115(8)76(34-12-10-2)93(134)114(74)7/h13-19,22,25-31,38,49-50,55-56,58-59,67-76,100,102-103,117H,9-12,20-21,23-24,32-37,39-48,51-54H2,1-8H3,(H2,96,120)(H2,97,121)(H,104,125)(H,105,122)(H,106,129)(H,107,127)(H,108,130)(H,109,123)(H,110,124)(H,111,126)(H,112,128)(H4,98,99,101)/t56-,58+,59+,67-,68-,69-,70-,71-,72-,73-,74-,75-,76-/m0/s1. The van der Waals surface area contributed by atoms with E-state index in [4.69, 9.17) is 22.6 Å². The van der Waals surface area contributed by atoms with E-state index >= 15 is 38.4 Å². The third-order valence-corrected chi connectivity index (χ3v) is 26.4. The fourth-order valence-electron chi connectivity index (χ4n) is 17.7. The van der Waals surface area contributed by atoms with Crippen molar-refractivity contribution < 1.29 is 86.6 Å².